The van der Waals surface area contributed by atoms with Gasteiger partial charge < -0.3 is 4.74 Å². The monoisotopic (exact) mass is 124 g/mol. The van der Waals surface area contributed by atoms with Crippen LogP contribution in [0.4, 0.5) is 0 Å². The summed E-state index contributed by atoms with van der Waals surface area (Å²) in [6.07, 6.45) is 4.42. The third-order valence-electron chi connectivity index (χ3n) is 2.19. The maximum absolute atomic E-state index is 5.29. The SMILES string of the molecule is C#[N+]C1CC[C@H]2OC2C1. The van der Waals surface area contributed by atoms with Crippen LogP contribution in [-0.4, -0.2) is 18.2 Å². The second-order valence-corrected chi connectivity index (χ2v) is 2.83. The van der Waals surface area contributed by atoms with Crippen LogP contribution in [0.3, 0.4) is 0 Å². The highest BCUT2D eigenvalue weighted by Gasteiger charge is 2.47. The largest absolute Gasteiger partial charge is 0.369 e. The predicted molar refractivity (Wildman–Crippen MR) is 34.6 cm³/mol. The van der Waals surface area contributed by atoms with Gasteiger partial charge in [0.05, 0.1) is 18.6 Å². The summed E-state index contributed by atoms with van der Waals surface area (Å²) >= 11 is 0. The summed E-state index contributed by atoms with van der Waals surface area (Å²) in [5, 5.41) is 0. The van der Waals surface area contributed by atoms with Crippen molar-refractivity contribution in [3.8, 4) is 6.57 Å². The van der Waals surface area contributed by atoms with E-state index in [1.54, 1.807) is 0 Å². The molecule has 9 heavy (non-hydrogen) atoms. The Hall–Kier alpha value is -0.550. The molecule has 3 atom stereocenters. The molecule has 2 aliphatic rings. The highest BCUT2D eigenvalue weighted by atomic mass is 16.6. The van der Waals surface area contributed by atoms with Gasteiger partial charge in [0.1, 0.15) is 0 Å². The Balaban J connectivity index is 1.95. The molecular formula is C7H10NO+. The van der Waals surface area contributed by atoms with Gasteiger partial charge in [0, 0.05) is 6.42 Å². The zero-order valence-corrected chi connectivity index (χ0v) is 5.29. The predicted octanol–water partition coefficient (Wildman–Crippen LogP) is 1.27. The molecule has 2 unspecified atom stereocenters. The lowest BCUT2D eigenvalue weighted by Gasteiger charge is -2.02. The van der Waals surface area contributed by atoms with Gasteiger partial charge in [-0.1, -0.05) is 4.85 Å². The van der Waals surface area contributed by atoms with E-state index in [9.17, 15) is 0 Å². The lowest BCUT2D eigenvalue weighted by Crippen LogP contribution is -2.14. The summed E-state index contributed by atoms with van der Waals surface area (Å²) in [7, 11) is 0. The van der Waals surface area contributed by atoms with Crippen LogP contribution >= 0.6 is 0 Å². The van der Waals surface area contributed by atoms with Crippen molar-refractivity contribution in [2.24, 2.45) is 0 Å². The molecule has 0 spiro atoms. The molecule has 0 bridgehead atoms. The first-order chi connectivity index (χ1) is 4.40. The Kier molecular flexibility index (Phi) is 1.000. The maximum atomic E-state index is 5.29. The van der Waals surface area contributed by atoms with Crippen LogP contribution in [-0.2, 0) is 4.74 Å². The second kappa shape index (κ2) is 1.71. The van der Waals surface area contributed by atoms with Gasteiger partial charge in [-0.05, 0) is 6.42 Å². The molecule has 2 rings (SSSR count). The van der Waals surface area contributed by atoms with E-state index in [2.05, 4.69) is 4.85 Å². The molecule has 0 aromatic carbocycles. The number of fused-ring (bicyclic) bond motifs is 1. The molecule has 2 heteroatoms. The van der Waals surface area contributed by atoms with Crippen LogP contribution < -0.4 is 0 Å². The van der Waals surface area contributed by atoms with Crippen LogP contribution in [0.1, 0.15) is 19.3 Å². The van der Waals surface area contributed by atoms with E-state index >= 15 is 0 Å². The zero-order chi connectivity index (χ0) is 6.27. The van der Waals surface area contributed by atoms with Gasteiger partial charge in [-0.25, -0.2) is 0 Å². The molecule has 0 amide bonds. The fourth-order valence-corrected chi connectivity index (χ4v) is 1.52. The molecule has 2 nitrogen and oxygen atoms in total. The van der Waals surface area contributed by atoms with E-state index < -0.39 is 0 Å². The summed E-state index contributed by atoms with van der Waals surface area (Å²) in [5.41, 5.74) is 0. The highest BCUT2D eigenvalue weighted by Crippen LogP contribution is 2.37. The Labute approximate surface area is 54.6 Å². The lowest BCUT2D eigenvalue weighted by molar-refractivity contribution is 0.372. The van der Waals surface area contributed by atoms with E-state index in [-0.39, 0.29) is 0 Å². The zero-order valence-electron chi connectivity index (χ0n) is 5.29. The van der Waals surface area contributed by atoms with Crippen molar-refractivity contribution in [2.75, 3.05) is 0 Å². The molecule has 2 fully saturated rings. The van der Waals surface area contributed by atoms with Crippen LogP contribution in [0.5, 0.6) is 0 Å². The fraction of sp³-hybridized carbons (Fsp3) is 0.857. The van der Waals surface area contributed by atoms with Crippen LogP contribution in [0.25, 0.3) is 4.85 Å². The quantitative estimate of drug-likeness (QED) is 0.444. The van der Waals surface area contributed by atoms with Crippen LogP contribution in [0.15, 0.2) is 0 Å². The van der Waals surface area contributed by atoms with Gasteiger partial charge in [-0.15, -0.1) is 0 Å². The topological polar surface area (TPSA) is 16.9 Å². The summed E-state index contributed by atoms with van der Waals surface area (Å²) in [6, 6.07) is 0.383. The summed E-state index contributed by atoms with van der Waals surface area (Å²) in [5.74, 6) is 0. The van der Waals surface area contributed by atoms with E-state index in [0.29, 0.717) is 18.2 Å². The van der Waals surface area contributed by atoms with Gasteiger partial charge in [0.2, 0.25) is 0 Å². The van der Waals surface area contributed by atoms with Crippen molar-refractivity contribution in [2.45, 2.75) is 37.5 Å². The average Bonchev–Trinajstić information content (AvgIpc) is 2.64. The number of rotatable bonds is 0. The minimum absolute atomic E-state index is 0.383. The Morgan fingerprint density at radius 1 is 1.33 bits per heavy atom. The molecule has 48 valence electrons. The first-order valence-electron chi connectivity index (χ1n) is 3.45. The first kappa shape index (κ1) is 5.25. The second-order valence-electron chi connectivity index (χ2n) is 2.83. The third kappa shape index (κ3) is 0.818. The molecule has 1 saturated carbocycles. The summed E-state index contributed by atoms with van der Waals surface area (Å²) < 4.78 is 5.29. The van der Waals surface area contributed by atoms with Gasteiger partial charge in [-0.2, -0.15) is 0 Å². The minimum atomic E-state index is 0.383. The highest BCUT2D eigenvalue weighted by molar-refractivity contribution is 4.99. The van der Waals surface area contributed by atoms with Crippen molar-refractivity contribution >= 4 is 0 Å². The third-order valence-corrected chi connectivity index (χ3v) is 2.19. The Morgan fingerprint density at radius 3 is 2.89 bits per heavy atom. The summed E-state index contributed by atoms with van der Waals surface area (Å²) in [6.45, 7) is 5.15. The van der Waals surface area contributed by atoms with Crippen LogP contribution in [0.2, 0.25) is 0 Å². The molecule has 1 aliphatic carbocycles. The average molecular weight is 124 g/mol. The molecule has 0 radical (unpaired) electrons. The van der Waals surface area contributed by atoms with Gasteiger partial charge >= 0.3 is 0 Å². The first-order valence-corrected chi connectivity index (χ1v) is 3.45. The molecule has 0 aromatic heterocycles. The molecule has 1 saturated heterocycles. The normalized spacial score (nSPS) is 47.2. The van der Waals surface area contributed by atoms with E-state index in [0.717, 1.165) is 19.3 Å². The van der Waals surface area contributed by atoms with E-state index in [1.807, 2.05) is 0 Å². The number of hydrogen-bond donors (Lipinski definition) is 0. The van der Waals surface area contributed by atoms with Gasteiger partial charge in [-0.3, -0.25) is 0 Å². The van der Waals surface area contributed by atoms with Crippen molar-refractivity contribution in [1.82, 2.24) is 0 Å². The Bertz CT molecular complexity index is 161. The van der Waals surface area contributed by atoms with Gasteiger partial charge in [0.15, 0.2) is 0 Å². The van der Waals surface area contributed by atoms with E-state index in [4.69, 9.17) is 11.3 Å². The number of ether oxygens (including phenoxy) is 1. The standard InChI is InChI=1S/C7H10NO/c1-8-5-2-3-6-7(4-5)9-6/h1,5-7H,2-4H2/q+1/t5?,6-,7?/m1/s1. The van der Waals surface area contributed by atoms with Crippen molar-refractivity contribution in [3.63, 3.8) is 0 Å². The Morgan fingerprint density at radius 2 is 2.22 bits per heavy atom. The number of epoxide rings is 1. The smallest absolute Gasteiger partial charge is 0.274 e. The lowest BCUT2D eigenvalue weighted by atomic mass is 9.96. The number of nitrogens with zero attached hydrogens (tertiary/aromatic N) is 1. The molecule has 0 N–H and O–H groups in total. The van der Waals surface area contributed by atoms with Crippen molar-refractivity contribution in [3.05, 3.63) is 4.85 Å². The molecule has 1 heterocycles. The molecule has 0 aromatic rings. The van der Waals surface area contributed by atoms with Crippen molar-refractivity contribution in [1.29, 1.82) is 0 Å². The van der Waals surface area contributed by atoms with Gasteiger partial charge in [0.25, 0.3) is 12.6 Å². The maximum Gasteiger partial charge on any atom is 0.274 e. The van der Waals surface area contributed by atoms with Crippen LogP contribution in [0, 0.1) is 6.57 Å². The molecule has 1 aliphatic heterocycles. The summed E-state index contributed by atoms with van der Waals surface area (Å²) in [4.78, 5) is 3.74. The number of hydrogen-bond acceptors (Lipinski definition) is 1. The van der Waals surface area contributed by atoms with E-state index in [1.165, 1.54) is 0 Å². The van der Waals surface area contributed by atoms with Crippen molar-refractivity contribution < 1.29 is 4.74 Å². The minimum Gasteiger partial charge on any atom is -0.369 e. The fourth-order valence-electron chi connectivity index (χ4n) is 1.52. The molecular weight excluding hydrogens is 114 g/mol.